The maximum Gasteiger partial charge on any atom is 0.270 e. The van der Waals surface area contributed by atoms with Gasteiger partial charge in [-0.1, -0.05) is 17.4 Å². The Morgan fingerprint density at radius 2 is 2.18 bits per heavy atom. The molecule has 17 heavy (non-hydrogen) atoms. The summed E-state index contributed by atoms with van der Waals surface area (Å²) in [5.41, 5.74) is 5.94. The van der Waals surface area contributed by atoms with Crippen LogP contribution in [-0.4, -0.2) is 23.6 Å². The van der Waals surface area contributed by atoms with E-state index in [4.69, 9.17) is 5.73 Å². The summed E-state index contributed by atoms with van der Waals surface area (Å²) < 4.78 is 25.7. The second-order valence-corrected chi connectivity index (χ2v) is 6.00. The Labute approximate surface area is 102 Å². The lowest BCUT2D eigenvalue weighted by Gasteiger charge is -2.02. The number of nitrogens with zero attached hydrogens (tertiary/aromatic N) is 3. The monoisotopic (exact) mass is 271 g/mol. The first-order valence-corrected chi connectivity index (χ1v) is 6.86. The zero-order valence-corrected chi connectivity index (χ0v) is 10.2. The van der Waals surface area contributed by atoms with Crippen molar-refractivity contribution in [3.05, 3.63) is 30.1 Å². The molecule has 90 valence electrons. The average Bonchev–Trinajstić information content (AvgIpc) is 2.76. The van der Waals surface area contributed by atoms with Crippen LogP contribution in [0.1, 0.15) is 5.69 Å². The number of sulfonamides is 1. The summed E-state index contributed by atoms with van der Waals surface area (Å²) >= 11 is 0.815. The van der Waals surface area contributed by atoms with E-state index >= 15 is 0 Å². The van der Waals surface area contributed by atoms with Crippen LogP contribution in [0.4, 0.5) is 5.13 Å². The molecule has 9 heteroatoms. The highest BCUT2D eigenvalue weighted by Crippen LogP contribution is 2.16. The van der Waals surface area contributed by atoms with E-state index in [9.17, 15) is 8.42 Å². The molecule has 0 fully saturated rings. The third-order valence-corrected chi connectivity index (χ3v) is 4.34. The van der Waals surface area contributed by atoms with Crippen LogP contribution in [0.15, 0.2) is 28.7 Å². The molecule has 0 unspecified atom stereocenters. The standard InChI is InChI=1S/C8H9N5O2S2/c9-7-12-13-8(16-7)17(14,15)11-5-6-3-1-2-4-10-6/h1-4,11H,5H2,(H2,9,12). The van der Waals surface area contributed by atoms with Gasteiger partial charge in [-0.05, 0) is 12.1 Å². The third kappa shape index (κ3) is 2.96. The van der Waals surface area contributed by atoms with Crippen molar-refractivity contribution >= 4 is 26.5 Å². The zero-order chi connectivity index (χ0) is 12.3. The van der Waals surface area contributed by atoms with Crippen molar-refractivity contribution in [1.29, 1.82) is 0 Å². The Morgan fingerprint density at radius 3 is 2.76 bits per heavy atom. The van der Waals surface area contributed by atoms with Crippen molar-refractivity contribution in [2.45, 2.75) is 10.9 Å². The van der Waals surface area contributed by atoms with Crippen LogP contribution < -0.4 is 10.5 Å². The molecule has 2 rings (SSSR count). The molecule has 2 aromatic heterocycles. The van der Waals surface area contributed by atoms with E-state index < -0.39 is 10.0 Å². The number of anilines is 1. The smallest absolute Gasteiger partial charge is 0.270 e. The predicted molar refractivity (Wildman–Crippen MR) is 62.6 cm³/mol. The maximum atomic E-state index is 11.7. The number of rotatable bonds is 4. The molecular formula is C8H9N5O2S2. The molecule has 0 aliphatic heterocycles. The van der Waals surface area contributed by atoms with Crippen LogP contribution in [-0.2, 0) is 16.6 Å². The van der Waals surface area contributed by atoms with E-state index in [1.807, 2.05) is 0 Å². The maximum absolute atomic E-state index is 11.7. The molecule has 0 aliphatic carbocycles. The summed E-state index contributed by atoms with van der Waals surface area (Å²) in [6.45, 7) is 0.0999. The van der Waals surface area contributed by atoms with Crippen LogP contribution in [0.5, 0.6) is 0 Å². The van der Waals surface area contributed by atoms with Gasteiger partial charge in [0.15, 0.2) is 0 Å². The van der Waals surface area contributed by atoms with E-state index in [2.05, 4.69) is 19.9 Å². The van der Waals surface area contributed by atoms with Gasteiger partial charge in [-0.2, -0.15) is 0 Å². The molecule has 0 bridgehead atoms. The van der Waals surface area contributed by atoms with Gasteiger partial charge in [-0.15, -0.1) is 10.2 Å². The minimum atomic E-state index is -3.66. The number of aromatic nitrogens is 3. The molecule has 2 heterocycles. The number of nitrogens with one attached hydrogen (secondary N) is 1. The van der Waals surface area contributed by atoms with Gasteiger partial charge in [-0.25, -0.2) is 13.1 Å². The predicted octanol–water partition coefficient (Wildman–Crippen LogP) is -0.00620. The van der Waals surface area contributed by atoms with Crippen molar-refractivity contribution in [1.82, 2.24) is 19.9 Å². The van der Waals surface area contributed by atoms with E-state index in [-0.39, 0.29) is 16.0 Å². The van der Waals surface area contributed by atoms with Crippen molar-refractivity contribution in [3.8, 4) is 0 Å². The van der Waals surface area contributed by atoms with Gasteiger partial charge < -0.3 is 5.73 Å². The second kappa shape index (κ2) is 4.73. The molecule has 2 aromatic rings. The lowest BCUT2D eigenvalue weighted by Crippen LogP contribution is -2.23. The van der Waals surface area contributed by atoms with E-state index in [1.165, 1.54) is 0 Å². The number of nitrogen functional groups attached to an aromatic ring is 1. The molecule has 0 amide bonds. The Morgan fingerprint density at radius 1 is 1.35 bits per heavy atom. The minimum absolute atomic E-state index is 0.0999. The molecule has 0 spiro atoms. The lowest BCUT2D eigenvalue weighted by atomic mass is 10.4. The van der Waals surface area contributed by atoms with Gasteiger partial charge in [0.05, 0.1) is 12.2 Å². The molecule has 7 nitrogen and oxygen atoms in total. The largest absolute Gasteiger partial charge is 0.374 e. The first kappa shape index (κ1) is 11.9. The molecule has 0 radical (unpaired) electrons. The van der Waals surface area contributed by atoms with Crippen LogP contribution in [0.25, 0.3) is 0 Å². The number of hydrogen-bond acceptors (Lipinski definition) is 7. The topological polar surface area (TPSA) is 111 Å². The van der Waals surface area contributed by atoms with Crippen LogP contribution in [0.3, 0.4) is 0 Å². The van der Waals surface area contributed by atoms with Gasteiger partial charge in [-0.3, -0.25) is 4.98 Å². The van der Waals surface area contributed by atoms with Crippen molar-refractivity contribution in [2.75, 3.05) is 5.73 Å². The van der Waals surface area contributed by atoms with Crippen molar-refractivity contribution < 1.29 is 8.42 Å². The highest BCUT2D eigenvalue weighted by molar-refractivity contribution is 7.91. The fraction of sp³-hybridized carbons (Fsp3) is 0.125. The minimum Gasteiger partial charge on any atom is -0.374 e. The molecule has 0 aliphatic rings. The molecule has 3 N–H and O–H groups in total. The van der Waals surface area contributed by atoms with Crippen LogP contribution >= 0.6 is 11.3 Å². The summed E-state index contributed by atoms with van der Waals surface area (Å²) in [7, 11) is -3.66. The summed E-state index contributed by atoms with van der Waals surface area (Å²) in [5, 5.41) is 7.04. The first-order chi connectivity index (χ1) is 8.08. The quantitative estimate of drug-likeness (QED) is 0.809. The van der Waals surface area contributed by atoms with E-state index in [0.29, 0.717) is 5.69 Å². The van der Waals surface area contributed by atoms with Crippen LogP contribution in [0.2, 0.25) is 0 Å². The highest BCUT2D eigenvalue weighted by atomic mass is 32.2. The summed E-state index contributed by atoms with van der Waals surface area (Å²) in [5.74, 6) is 0. The molecule has 0 atom stereocenters. The van der Waals surface area contributed by atoms with E-state index in [0.717, 1.165) is 11.3 Å². The first-order valence-electron chi connectivity index (χ1n) is 4.56. The normalized spacial score (nSPS) is 11.5. The fourth-order valence-corrected chi connectivity index (χ4v) is 2.89. The van der Waals surface area contributed by atoms with Crippen molar-refractivity contribution in [3.63, 3.8) is 0 Å². The van der Waals surface area contributed by atoms with Gasteiger partial charge in [0.1, 0.15) is 0 Å². The second-order valence-electron chi connectivity index (χ2n) is 3.05. The average molecular weight is 271 g/mol. The Kier molecular flexibility index (Phi) is 3.31. The molecule has 0 saturated carbocycles. The number of hydrogen-bond donors (Lipinski definition) is 2. The molecule has 0 saturated heterocycles. The van der Waals surface area contributed by atoms with E-state index in [1.54, 1.807) is 24.4 Å². The Balaban J connectivity index is 2.09. The summed E-state index contributed by atoms with van der Waals surface area (Å²) in [4.78, 5) is 4.00. The summed E-state index contributed by atoms with van der Waals surface area (Å²) in [6, 6.07) is 5.25. The lowest BCUT2D eigenvalue weighted by molar-refractivity contribution is 0.578. The summed E-state index contributed by atoms with van der Waals surface area (Å²) in [6.07, 6.45) is 1.59. The molecular weight excluding hydrogens is 262 g/mol. The number of pyridine rings is 1. The van der Waals surface area contributed by atoms with Crippen molar-refractivity contribution in [2.24, 2.45) is 0 Å². The van der Waals surface area contributed by atoms with Crippen LogP contribution in [0, 0.1) is 0 Å². The number of nitrogens with two attached hydrogens (primary N) is 1. The van der Waals surface area contributed by atoms with Gasteiger partial charge in [0.2, 0.25) is 9.47 Å². The third-order valence-electron chi connectivity index (χ3n) is 1.82. The highest BCUT2D eigenvalue weighted by Gasteiger charge is 2.19. The fourth-order valence-electron chi connectivity index (χ4n) is 1.06. The molecule has 0 aromatic carbocycles. The Bertz CT molecular complexity index is 595. The van der Waals surface area contributed by atoms with Gasteiger partial charge in [0, 0.05) is 6.20 Å². The zero-order valence-electron chi connectivity index (χ0n) is 8.57. The SMILES string of the molecule is Nc1nnc(S(=O)(=O)NCc2ccccn2)s1. The van der Waals surface area contributed by atoms with Gasteiger partial charge in [0.25, 0.3) is 10.0 Å². The van der Waals surface area contributed by atoms with Gasteiger partial charge >= 0.3 is 0 Å². The Hall–Kier alpha value is -1.58.